The Morgan fingerprint density at radius 3 is 3.08 bits per heavy atom. The number of anilines is 1. The molecule has 1 saturated carbocycles. The van der Waals surface area contributed by atoms with Gasteiger partial charge in [-0.25, -0.2) is 0 Å². The van der Waals surface area contributed by atoms with E-state index in [1.165, 1.54) is 11.1 Å². The molecule has 1 aromatic carbocycles. The number of benzene rings is 1. The number of amides is 1. The standard InChI is InChI=1S/C21H22N2O3/c24-17-9-16-18-13-10-21(25)20(6-7-22(21)11-12(13)5-8-26-16)14-3-1-2-4-15(14)23(17)19(18)20/h1-5,13,16,18-19,25H,6-11H2/t13-,16+,18-,19+,20-,21+/m0/s1. The molecule has 1 aliphatic carbocycles. The van der Waals surface area contributed by atoms with Crippen LogP contribution >= 0.6 is 0 Å². The molecule has 0 radical (unpaired) electrons. The van der Waals surface area contributed by atoms with Gasteiger partial charge in [-0.1, -0.05) is 29.8 Å². The lowest BCUT2D eigenvalue weighted by Gasteiger charge is -2.62. The highest BCUT2D eigenvalue weighted by atomic mass is 16.5. The smallest absolute Gasteiger partial charge is 0.229 e. The largest absolute Gasteiger partial charge is 0.375 e. The minimum Gasteiger partial charge on any atom is -0.375 e. The molecule has 5 heteroatoms. The van der Waals surface area contributed by atoms with Crippen molar-refractivity contribution in [3.63, 3.8) is 0 Å². The van der Waals surface area contributed by atoms with Gasteiger partial charge < -0.3 is 14.7 Å². The van der Waals surface area contributed by atoms with Crippen LogP contribution in [0.25, 0.3) is 0 Å². The second kappa shape index (κ2) is 4.24. The molecule has 1 amide bonds. The van der Waals surface area contributed by atoms with Gasteiger partial charge in [-0.05, 0) is 30.4 Å². The molecule has 134 valence electrons. The average molecular weight is 350 g/mol. The quantitative estimate of drug-likeness (QED) is 0.719. The first-order valence-corrected chi connectivity index (χ1v) is 9.85. The zero-order valence-corrected chi connectivity index (χ0v) is 14.6. The highest BCUT2D eigenvalue weighted by Crippen LogP contribution is 2.68. The van der Waals surface area contributed by atoms with Crippen LogP contribution in [-0.2, 0) is 14.9 Å². The minimum absolute atomic E-state index is 0.0155. The van der Waals surface area contributed by atoms with E-state index >= 15 is 0 Å². The highest BCUT2D eigenvalue weighted by molar-refractivity contribution is 5.99. The molecule has 2 bridgehead atoms. The van der Waals surface area contributed by atoms with Crippen LogP contribution in [0.15, 0.2) is 35.9 Å². The monoisotopic (exact) mass is 350 g/mol. The van der Waals surface area contributed by atoms with E-state index in [2.05, 4.69) is 34.1 Å². The molecule has 6 atom stereocenters. The van der Waals surface area contributed by atoms with E-state index in [0.717, 1.165) is 31.6 Å². The van der Waals surface area contributed by atoms with Gasteiger partial charge >= 0.3 is 0 Å². The van der Waals surface area contributed by atoms with E-state index in [4.69, 9.17) is 4.74 Å². The van der Waals surface area contributed by atoms with Gasteiger partial charge in [0, 0.05) is 24.7 Å². The molecular weight excluding hydrogens is 328 g/mol. The summed E-state index contributed by atoms with van der Waals surface area (Å²) in [6, 6.07) is 8.32. The Morgan fingerprint density at radius 1 is 1.27 bits per heavy atom. The lowest BCUT2D eigenvalue weighted by atomic mass is 9.52. The van der Waals surface area contributed by atoms with Crippen molar-refractivity contribution in [2.24, 2.45) is 11.8 Å². The number of carbonyl (C=O) groups is 1. The van der Waals surface area contributed by atoms with Crippen LogP contribution < -0.4 is 4.90 Å². The van der Waals surface area contributed by atoms with Crippen LogP contribution in [0.3, 0.4) is 0 Å². The fourth-order valence-corrected chi connectivity index (χ4v) is 7.53. The summed E-state index contributed by atoms with van der Waals surface area (Å²) < 4.78 is 6.20. The van der Waals surface area contributed by atoms with Crippen molar-refractivity contribution in [2.75, 3.05) is 24.6 Å². The Morgan fingerprint density at radius 2 is 2.15 bits per heavy atom. The van der Waals surface area contributed by atoms with Crippen molar-refractivity contribution < 1.29 is 14.6 Å². The fourth-order valence-electron chi connectivity index (χ4n) is 7.53. The Kier molecular flexibility index (Phi) is 2.34. The van der Waals surface area contributed by atoms with Gasteiger partial charge in [0.2, 0.25) is 5.91 Å². The van der Waals surface area contributed by atoms with Gasteiger partial charge in [-0.2, -0.15) is 0 Å². The number of nitrogens with zero attached hydrogens (tertiary/aromatic N) is 2. The zero-order chi connectivity index (χ0) is 17.3. The molecule has 1 N–H and O–H groups in total. The molecule has 5 nitrogen and oxygen atoms in total. The summed E-state index contributed by atoms with van der Waals surface area (Å²) in [6.45, 7) is 2.34. The van der Waals surface area contributed by atoms with Gasteiger partial charge in [0.15, 0.2) is 0 Å². The van der Waals surface area contributed by atoms with Crippen LogP contribution in [0.1, 0.15) is 24.8 Å². The molecule has 4 fully saturated rings. The summed E-state index contributed by atoms with van der Waals surface area (Å²) in [6.07, 6.45) is 4.36. The summed E-state index contributed by atoms with van der Waals surface area (Å²) in [5.41, 5.74) is 2.40. The third-order valence-electron chi connectivity index (χ3n) is 8.35. The summed E-state index contributed by atoms with van der Waals surface area (Å²) in [5.74, 6) is 0.769. The predicted molar refractivity (Wildman–Crippen MR) is 94.6 cm³/mol. The second-order valence-electron chi connectivity index (χ2n) is 8.93. The van der Waals surface area contributed by atoms with E-state index in [1.54, 1.807) is 0 Å². The molecule has 5 aliphatic heterocycles. The molecule has 1 spiro atoms. The van der Waals surface area contributed by atoms with Crippen molar-refractivity contribution in [2.45, 2.75) is 42.5 Å². The second-order valence-corrected chi connectivity index (χ2v) is 8.93. The maximum absolute atomic E-state index is 13.2. The first-order chi connectivity index (χ1) is 12.6. The number of hydrogen-bond acceptors (Lipinski definition) is 4. The van der Waals surface area contributed by atoms with Gasteiger partial charge in [0.05, 0.1) is 30.6 Å². The third kappa shape index (κ3) is 1.27. The van der Waals surface area contributed by atoms with Crippen LogP contribution in [0.5, 0.6) is 0 Å². The lowest BCUT2D eigenvalue weighted by molar-refractivity contribution is -0.197. The predicted octanol–water partition coefficient (Wildman–Crippen LogP) is 1.41. The van der Waals surface area contributed by atoms with Gasteiger partial charge in [-0.15, -0.1) is 0 Å². The number of rotatable bonds is 0. The molecule has 5 heterocycles. The normalized spacial score (nSPS) is 47.5. The van der Waals surface area contributed by atoms with Gasteiger partial charge in [-0.3, -0.25) is 9.69 Å². The Hall–Kier alpha value is -1.69. The molecular formula is C21H22N2O3. The molecule has 0 unspecified atom stereocenters. The summed E-state index contributed by atoms with van der Waals surface area (Å²) in [7, 11) is 0. The molecule has 3 saturated heterocycles. The Balaban J connectivity index is 1.58. The van der Waals surface area contributed by atoms with Crippen molar-refractivity contribution in [3.8, 4) is 0 Å². The first-order valence-electron chi connectivity index (χ1n) is 9.85. The lowest BCUT2D eigenvalue weighted by Crippen LogP contribution is -2.74. The van der Waals surface area contributed by atoms with Crippen LogP contribution in [0, 0.1) is 11.8 Å². The maximum Gasteiger partial charge on any atom is 0.229 e. The molecule has 1 aromatic rings. The molecule has 7 rings (SSSR count). The van der Waals surface area contributed by atoms with E-state index in [9.17, 15) is 9.90 Å². The maximum atomic E-state index is 13.2. The van der Waals surface area contributed by atoms with Crippen LogP contribution in [-0.4, -0.2) is 53.5 Å². The Bertz CT molecular complexity index is 897. The molecule has 26 heavy (non-hydrogen) atoms. The van der Waals surface area contributed by atoms with Crippen molar-refractivity contribution in [1.82, 2.24) is 4.90 Å². The molecule has 6 aliphatic rings. The third-order valence-corrected chi connectivity index (χ3v) is 8.35. The Labute approximate surface area is 152 Å². The number of fused-ring (bicyclic) bond motifs is 2. The number of carbonyl (C=O) groups excluding carboxylic acids is 1. The number of para-hydroxylation sites is 1. The van der Waals surface area contributed by atoms with E-state index in [1.807, 2.05) is 6.07 Å². The first kappa shape index (κ1) is 14.4. The van der Waals surface area contributed by atoms with E-state index < -0.39 is 5.72 Å². The minimum atomic E-state index is -0.854. The van der Waals surface area contributed by atoms with Crippen LogP contribution in [0.2, 0.25) is 0 Å². The number of ether oxygens (including phenoxy) is 1. The SMILES string of the molecule is O=C1C[C@H]2OCC=C3CN4CC[C@]56c7ccccc7N1[C@@H]5[C@H]2[C@H]3C[C@]46O. The topological polar surface area (TPSA) is 53.0 Å². The fraction of sp³-hybridized carbons (Fsp3) is 0.571. The van der Waals surface area contributed by atoms with Crippen molar-refractivity contribution in [3.05, 3.63) is 41.5 Å². The van der Waals surface area contributed by atoms with Gasteiger partial charge in [0.25, 0.3) is 0 Å². The van der Waals surface area contributed by atoms with Crippen molar-refractivity contribution in [1.29, 1.82) is 0 Å². The van der Waals surface area contributed by atoms with E-state index in [-0.39, 0.29) is 29.4 Å². The number of piperidine rings is 2. The van der Waals surface area contributed by atoms with Crippen LogP contribution in [0.4, 0.5) is 5.69 Å². The molecule has 0 aromatic heterocycles. The summed E-state index contributed by atoms with van der Waals surface area (Å²) in [4.78, 5) is 17.5. The highest BCUT2D eigenvalue weighted by Gasteiger charge is 2.76. The van der Waals surface area contributed by atoms with Gasteiger partial charge in [0.1, 0.15) is 5.72 Å². The van der Waals surface area contributed by atoms with Crippen molar-refractivity contribution >= 4 is 11.6 Å². The summed E-state index contributed by atoms with van der Waals surface area (Å²) in [5, 5.41) is 12.1. The number of aliphatic hydroxyl groups is 1. The van der Waals surface area contributed by atoms with E-state index in [0.29, 0.717) is 18.9 Å². The zero-order valence-electron chi connectivity index (χ0n) is 14.6. The number of hydrogen-bond donors (Lipinski definition) is 1. The summed E-state index contributed by atoms with van der Waals surface area (Å²) >= 11 is 0. The average Bonchev–Trinajstić information content (AvgIpc) is 3.05.